The van der Waals surface area contributed by atoms with Crippen molar-refractivity contribution in [3.8, 4) is 5.69 Å². The molecule has 0 aliphatic carbocycles. The van der Waals surface area contributed by atoms with E-state index in [0.29, 0.717) is 5.69 Å². The highest BCUT2D eigenvalue weighted by molar-refractivity contribution is 5.92. The number of likely N-dealkylation sites (tertiary alicyclic amines) is 1. The Morgan fingerprint density at radius 1 is 1.14 bits per heavy atom. The van der Waals surface area contributed by atoms with Crippen molar-refractivity contribution >= 4 is 5.91 Å². The zero-order valence-corrected chi connectivity index (χ0v) is 12.1. The molecular formula is C16H18FN3O. The summed E-state index contributed by atoms with van der Waals surface area (Å²) in [5.41, 5.74) is 2.08. The van der Waals surface area contributed by atoms with Crippen LogP contribution in [0.3, 0.4) is 0 Å². The lowest BCUT2D eigenvalue weighted by Crippen LogP contribution is -2.35. The number of rotatable bonds is 2. The van der Waals surface area contributed by atoms with E-state index in [0.717, 1.165) is 37.3 Å². The summed E-state index contributed by atoms with van der Waals surface area (Å²) in [4.78, 5) is 14.3. The molecule has 0 unspecified atom stereocenters. The summed E-state index contributed by atoms with van der Waals surface area (Å²) in [6, 6.07) is 7.89. The van der Waals surface area contributed by atoms with Crippen LogP contribution in [0.2, 0.25) is 0 Å². The third-order valence-electron chi connectivity index (χ3n) is 3.82. The van der Waals surface area contributed by atoms with Gasteiger partial charge < -0.3 is 4.90 Å². The van der Waals surface area contributed by atoms with Crippen molar-refractivity contribution in [2.24, 2.45) is 0 Å². The molecule has 4 nitrogen and oxygen atoms in total. The molecule has 0 radical (unpaired) electrons. The molecule has 1 aliphatic rings. The predicted octanol–water partition coefficient (Wildman–Crippen LogP) is 2.95. The van der Waals surface area contributed by atoms with E-state index in [1.807, 2.05) is 11.8 Å². The van der Waals surface area contributed by atoms with E-state index in [1.54, 1.807) is 22.9 Å². The molecule has 0 saturated carbocycles. The van der Waals surface area contributed by atoms with Crippen molar-refractivity contribution in [1.82, 2.24) is 14.7 Å². The van der Waals surface area contributed by atoms with Gasteiger partial charge in [-0.3, -0.25) is 4.79 Å². The molecule has 0 atom stereocenters. The summed E-state index contributed by atoms with van der Waals surface area (Å²) < 4.78 is 14.7. The van der Waals surface area contributed by atoms with Crippen molar-refractivity contribution in [3.63, 3.8) is 0 Å². The zero-order chi connectivity index (χ0) is 14.8. The third kappa shape index (κ3) is 2.82. The standard InChI is InChI=1S/C16H18FN3O/c1-12-11-15(16(21)19-9-3-2-4-10-19)18-20(12)14-7-5-13(17)6-8-14/h5-8,11H,2-4,9-10H2,1H3. The van der Waals surface area contributed by atoms with Gasteiger partial charge in [-0.1, -0.05) is 0 Å². The van der Waals surface area contributed by atoms with Crippen LogP contribution in [-0.4, -0.2) is 33.7 Å². The van der Waals surface area contributed by atoms with Gasteiger partial charge in [0.05, 0.1) is 5.69 Å². The number of piperidine rings is 1. The Bertz CT molecular complexity index is 642. The first-order chi connectivity index (χ1) is 10.1. The Morgan fingerprint density at radius 3 is 2.48 bits per heavy atom. The van der Waals surface area contributed by atoms with Crippen molar-refractivity contribution in [1.29, 1.82) is 0 Å². The molecule has 110 valence electrons. The van der Waals surface area contributed by atoms with Gasteiger partial charge in [-0.2, -0.15) is 5.10 Å². The van der Waals surface area contributed by atoms with E-state index in [-0.39, 0.29) is 11.7 Å². The molecule has 3 rings (SSSR count). The minimum absolute atomic E-state index is 0.0151. The van der Waals surface area contributed by atoms with E-state index in [1.165, 1.54) is 18.6 Å². The van der Waals surface area contributed by atoms with Gasteiger partial charge in [-0.15, -0.1) is 0 Å². The molecule has 0 N–H and O–H groups in total. The van der Waals surface area contributed by atoms with Gasteiger partial charge in [-0.05, 0) is 56.5 Å². The first-order valence-electron chi connectivity index (χ1n) is 7.27. The van der Waals surface area contributed by atoms with E-state index in [4.69, 9.17) is 0 Å². The first-order valence-corrected chi connectivity index (χ1v) is 7.27. The summed E-state index contributed by atoms with van der Waals surface area (Å²) in [5.74, 6) is -0.299. The topological polar surface area (TPSA) is 38.1 Å². The Hall–Kier alpha value is -2.17. The molecule has 1 fully saturated rings. The third-order valence-corrected chi connectivity index (χ3v) is 3.82. The molecular weight excluding hydrogens is 269 g/mol. The number of hydrogen-bond donors (Lipinski definition) is 0. The number of carbonyl (C=O) groups excluding carboxylic acids is 1. The summed E-state index contributed by atoms with van der Waals surface area (Å²) in [6.07, 6.45) is 3.31. The number of aromatic nitrogens is 2. The second kappa shape index (κ2) is 5.68. The molecule has 1 amide bonds. The van der Waals surface area contributed by atoms with Gasteiger partial charge in [0.15, 0.2) is 5.69 Å². The second-order valence-corrected chi connectivity index (χ2v) is 5.41. The largest absolute Gasteiger partial charge is 0.337 e. The van der Waals surface area contributed by atoms with Crippen LogP contribution in [0.5, 0.6) is 0 Å². The number of aryl methyl sites for hydroxylation is 1. The maximum Gasteiger partial charge on any atom is 0.274 e. The number of amides is 1. The minimum atomic E-state index is -0.284. The van der Waals surface area contributed by atoms with Crippen LogP contribution >= 0.6 is 0 Å². The fourth-order valence-electron chi connectivity index (χ4n) is 2.68. The van der Waals surface area contributed by atoms with Gasteiger partial charge in [0.2, 0.25) is 0 Å². The number of carbonyl (C=O) groups is 1. The summed E-state index contributed by atoms with van der Waals surface area (Å²) in [5, 5.41) is 4.39. The lowest BCUT2D eigenvalue weighted by atomic mass is 10.1. The van der Waals surface area contributed by atoms with Crippen molar-refractivity contribution < 1.29 is 9.18 Å². The molecule has 21 heavy (non-hydrogen) atoms. The highest BCUT2D eigenvalue weighted by Gasteiger charge is 2.21. The van der Waals surface area contributed by atoms with Crippen LogP contribution in [0.25, 0.3) is 5.69 Å². The fraction of sp³-hybridized carbons (Fsp3) is 0.375. The average Bonchev–Trinajstić information content (AvgIpc) is 2.90. The van der Waals surface area contributed by atoms with Crippen LogP contribution < -0.4 is 0 Å². The van der Waals surface area contributed by atoms with E-state index >= 15 is 0 Å². The van der Waals surface area contributed by atoms with Gasteiger partial charge in [0.1, 0.15) is 5.82 Å². The van der Waals surface area contributed by atoms with Crippen LogP contribution in [0.1, 0.15) is 35.4 Å². The Balaban J connectivity index is 1.86. The summed E-state index contributed by atoms with van der Waals surface area (Å²) in [7, 11) is 0. The molecule has 1 saturated heterocycles. The molecule has 1 aromatic heterocycles. The maximum atomic E-state index is 13.0. The molecule has 2 heterocycles. The van der Waals surface area contributed by atoms with Crippen LogP contribution in [-0.2, 0) is 0 Å². The van der Waals surface area contributed by atoms with Crippen LogP contribution in [0.4, 0.5) is 4.39 Å². The zero-order valence-electron chi connectivity index (χ0n) is 12.1. The van der Waals surface area contributed by atoms with E-state index < -0.39 is 0 Å². The Morgan fingerprint density at radius 2 is 1.81 bits per heavy atom. The lowest BCUT2D eigenvalue weighted by Gasteiger charge is -2.25. The smallest absolute Gasteiger partial charge is 0.274 e. The molecule has 0 spiro atoms. The molecule has 0 bridgehead atoms. The second-order valence-electron chi connectivity index (χ2n) is 5.41. The Kier molecular flexibility index (Phi) is 3.73. The van der Waals surface area contributed by atoms with Crippen LogP contribution in [0.15, 0.2) is 30.3 Å². The van der Waals surface area contributed by atoms with Gasteiger partial charge in [0, 0.05) is 18.8 Å². The number of benzene rings is 1. The van der Waals surface area contributed by atoms with Crippen molar-refractivity contribution in [2.45, 2.75) is 26.2 Å². The predicted molar refractivity (Wildman–Crippen MR) is 78.0 cm³/mol. The Labute approximate surface area is 123 Å². The highest BCUT2D eigenvalue weighted by atomic mass is 19.1. The number of halogens is 1. The molecule has 1 aliphatic heterocycles. The summed E-state index contributed by atoms with van der Waals surface area (Å²) >= 11 is 0. The minimum Gasteiger partial charge on any atom is -0.337 e. The van der Waals surface area contributed by atoms with Gasteiger partial charge in [-0.25, -0.2) is 9.07 Å². The monoisotopic (exact) mass is 287 g/mol. The number of nitrogens with zero attached hydrogens (tertiary/aromatic N) is 3. The van der Waals surface area contributed by atoms with Crippen LogP contribution in [0, 0.1) is 12.7 Å². The molecule has 1 aromatic carbocycles. The molecule has 2 aromatic rings. The first kappa shape index (κ1) is 13.8. The normalized spacial score (nSPS) is 15.2. The van der Waals surface area contributed by atoms with Crippen molar-refractivity contribution in [2.75, 3.05) is 13.1 Å². The van der Waals surface area contributed by atoms with Gasteiger partial charge >= 0.3 is 0 Å². The lowest BCUT2D eigenvalue weighted by molar-refractivity contribution is 0.0718. The average molecular weight is 287 g/mol. The SMILES string of the molecule is Cc1cc(C(=O)N2CCCCC2)nn1-c1ccc(F)cc1. The highest BCUT2D eigenvalue weighted by Crippen LogP contribution is 2.16. The maximum absolute atomic E-state index is 13.0. The summed E-state index contributed by atoms with van der Waals surface area (Å²) in [6.45, 7) is 3.51. The van der Waals surface area contributed by atoms with Crippen molar-refractivity contribution in [3.05, 3.63) is 47.5 Å². The quantitative estimate of drug-likeness (QED) is 0.851. The van der Waals surface area contributed by atoms with Gasteiger partial charge in [0.25, 0.3) is 5.91 Å². The van der Waals surface area contributed by atoms with E-state index in [2.05, 4.69) is 5.10 Å². The number of hydrogen-bond acceptors (Lipinski definition) is 2. The molecule has 5 heteroatoms. The van der Waals surface area contributed by atoms with E-state index in [9.17, 15) is 9.18 Å². The fourth-order valence-corrected chi connectivity index (χ4v) is 2.68.